The molecular weight excluding hydrogens is 546 g/mol. The average Bonchev–Trinajstić information content (AvgIpc) is 3.71. The van der Waals surface area contributed by atoms with Crippen LogP contribution in [0.25, 0.3) is 20.8 Å². The van der Waals surface area contributed by atoms with E-state index in [0.29, 0.717) is 28.3 Å². The summed E-state index contributed by atoms with van der Waals surface area (Å²) in [5.41, 5.74) is 4.42. The fourth-order valence-electron chi connectivity index (χ4n) is 4.98. The summed E-state index contributed by atoms with van der Waals surface area (Å²) in [6, 6.07) is 20.4. The van der Waals surface area contributed by atoms with Gasteiger partial charge in [0.2, 0.25) is 12.7 Å². The van der Waals surface area contributed by atoms with E-state index in [2.05, 4.69) is 5.32 Å². The van der Waals surface area contributed by atoms with Gasteiger partial charge in [0.1, 0.15) is 16.6 Å². The number of thiazole rings is 1. The van der Waals surface area contributed by atoms with Crippen molar-refractivity contribution in [1.82, 2.24) is 9.88 Å². The van der Waals surface area contributed by atoms with Crippen LogP contribution >= 0.6 is 22.7 Å². The molecule has 10 heteroatoms. The molecule has 0 saturated carbocycles. The van der Waals surface area contributed by atoms with Crippen LogP contribution in [0.2, 0.25) is 0 Å². The van der Waals surface area contributed by atoms with Gasteiger partial charge in [-0.15, -0.1) is 22.7 Å². The minimum atomic E-state index is -0.465. The molecule has 8 nitrogen and oxygen atoms in total. The largest absolute Gasteiger partial charge is 0.454 e. The second-order valence-electron chi connectivity index (χ2n) is 9.50. The summed E-state index contributed by atoms with van der Waals surface area (Å²) < 4.78 is 12.0. The van der Waals surface area contributed by atoms with Crippen molar-refractivity contribution >= 4 is 55.6 Å². The maximum atomic E-state index is 13.3. The van der Waals surface area contributed by atoms with Crippen molar-refractivity contribution in [2.24, 2.45) is 0 Å². The lowest BCUT2D eigenvalue weighted by molar-refractivity contribution is -0.116. The topological polar surface area (TPSA) is 97.8 Å². The lowest BCUT2D eigenvalue weighted by atomic mass is 10.1. The van der Waals surface area contributed by atoms with E-state index in [1.54, 1.807) is 35.6 Å². The predicted molar refractivity (Wildman–Crippen MR) is 153 cm³/mol. The zero-order valence-electron chi connectivity index (χ0n) is 21.2. The van der Waals surface area contributed by atoms with Gasteiger partial charge in [0, 0.05) is 16.9 Å². The summed E-state index contributed by atoms with van der Waals surface area (Å²) >= 11 is 3.02. The monoisotopic (exact) mass is 567 g/mol. The number of hydrogen-bond donors (Lipinski definition) is 1. The van der Waals surface area contributed by atoms with Crippen LogP contribution in [0.1, 0.15) is 36.7 Å². The van der Waals surface area contributed by atoms with Crippen LogP contribution in [-0.2, 0) is 11.2 Å². The fourth-order valence-corrected chi connectivity index (χ4v) is 7.38. The Bertz CT molecular complexity index is 1790. The summed E-state index contributed by atoms with van der Waals surface area (Å²) in [5, 5.41) is 4.42. The Hall–Kier alpha value is -4.54. The van der Waals surface area contributed by atoms with Gasteiger partial charge >= 0.3 is 0 Å². The molecule has 0 fully saturated rings. The standard InChI is InChI=1S/C30H21N3O5S2/c1-16-24(13-17-10-11-21-22(12-17)38-15-37-21)40-28(26(16)27-31-20-8-4-5-9-23(20)39-27)32-25(34)14-33-29(35)18-6-2-3-7-19(18)30(33)36/h2-12H,13-15H2,1H3,(H,32,34). The van der Waals surface area contributed by atoms with Crippen molar-refractivity contribution in [2.45, 2.75) is 13.3 Å². The molecular formula is C30H21N3O5S2. The Morgan fingerprint density at radius 1 is 0.950 bits per heavy atom. The number of ether oxygens (including phenoxy) is 2. The minimum Gasteiger partial charge on any atom is -0.454 e. The first-order valence-electron chi connectivity index (χ1n) is 12.6. The number of anilines is 1. The van der Waals surface area contributed by atoms with E-state index in [4.69, 9.17) is 14.5 Å². The first kappa shape index (κ1) is 24.5. The quantitative estimate of drug-likeness (QED) is 0.257. The highest BCUT2D eigenvalue weighted by molar-refractivity contribution is 7.23. The number of hydrogen-bond acceptors (Lipinski definition) is 8. The molecule has 3 aromatic carbocycles. The third-order valence-electron chi connectivity index (χ3n) is 6.99. The molecule has 2 aliphatic rings. The van der Waals surface area contributed by atoms with Crippen molar-refractivity contribution in [1.29, 1.82) is 0 Å². The van der Waals surface area contributed by atoms with E-state index in [1.807, 2.05) is 49.4 Å². The molecule has 3 amide bonds. The number of carbonyl (C=O) groups is 3. The number of fused-ring (bicyclic) bond motifs is 3. The summed E-state index contributed by atoms with van der Waals surface area (Å²) in [6.07, 6.45) is 0.624. The lowest BCUT2D eigenvalue weighted by Crippen LogP contribution is -2.37. The SMILES string of the molecule is Cc1c(Cc2ccc3c(c2)OCO3)sc(NC(=O)CN2C(=O)c3ccccc3C2=O)c1-c1nc2ccccc2s1. The molecule has 0 spiro atoms. The van der Waals surface area contributed by atoms with Crippen molar-refractivity contribution in [3.05, 3.63) is 93.9 Å². The Kier molecular flexibility index (Phi) is 5.87. The molecule has 2 aromatic heterocycles. The Balaban J connectivity index is 1.21. The van der Waals surface area contributed by atoms with Crippen LogP contribution in [-0.4, -0.2) is 40.9 Å². The molecule has 4 heterocycles. The Labute approximate surface area is 236 Å². The van der Waals surface area contributed by atoms with Crippen molar-refractivity contribution in [2.75, 3.05) is 18.7 Å². The second-order valence-corrected chi connectivity index (χ2v) is 11.6. The highest BCUT2D eigenvalue weighted by atomic mass is 32.1. The molecule has 40 heavy (non-hydrogen) atoms. The van der Waals surface area contributed by atoms with Gasteiger partial charge in [0.15, 0.2) is 11.5 Å². The number of nitrogens with one attached hydrogen (secondary N) is 1. The van der Waals surface area contributed by atoms with Crippen LogP contribution in [0, 0.1) is 6.92 Å². The van der Waals surface area contributed by atoms with E-state index < -0.39 is 17.7 Å². The van der Waals surface area contributed by atoms with Gasteiger partial charge in [0.25, 0.3) is 11.8 Å². The van der Waals surface area contributed by atoms with Crippen LogP contribution in [0.15, 0.2) is 66.7 Å². The number of thiophene rings is 1. The number of carbonyl (C=O) groups excluding carboxylic acids is 3. The molecule has 0 aliphatic carbocycles. The molecule has 0 bridgehead atoms. The zero-order valence-corrected chi connectivity index (χ0v) is 22.9. The van der Waals surface area contributed by atoms with Crippen molar-refractivity contribution in [3.8, 4) is 22.1 Å². The minimum absolute atomic E-state index is 0.210. The van der Waals surface area contributed by atoms with Crippen molar-refractivity contribution < 1.29 is 23.9 Å². The maximum Gasteiger partial charge on any atom is 0.262 e. The number of benzene rings is 3. The van der Waals surface area contributed by atoms with Gasteiger partial charge in [-0.1, -0.05) is 30.3 Å². The summed E-state index contributed by atoms with van der Waals surface area (Å²) in [4.78, 5) is 45.8. The number of nitrogens with zero attached hydrogens (tertiary/aromatic N) is 2. The third kappa shape index (κ3) is 4.12. The number of para-hydroxylation sites is 1. The second kappa shape index (κ2) is 9.58. The highest BCUT2D eigenvalue weighted by Crippen LogP contribution is 2.44. The van der Waals surface area contributed by atoms with Crippen LogP contribution in [0.3, 0.4) is 0 Å². The Morgan fingerprint density at radius 3 is 2.45 bits per heavy atom. The van der Waals surface area contributed by atoms with Gasteiger partial charge in [0.05, 0.1) is 21.3 Å². The van der Waals surface area contributed by atoms with Gasteiger partial charge in [-0.05, 0) is 54.4 Å². The lowest BCUT2D eigenvalue weighted by Gasteiger charge is -2.13. The maximum absolute atomic E-state index is 13.3. The van der Waals surface area contributed by atoms with Crippen LogP contribution in [0.5, 0.6) is 11.5 Å². The van der Waals surface area contributed by atoms with Gasteiger partial charge in [-0.3, -0.25) is 19.3 Å². The third-order valence-corrected chi connectivity index (χ3v) is 9.25. The molecule has 1 N–H and O–H groups in total. The fraction of sp³-hybridized carbons (Fsp3) is 0.133. The zero-order chi connectivity index (χ0) is 27.4. The molecule has 2 aliphatic heterocycles. The van der Waals surface area contributed by atoms with Crippen molar-refractivity contribution in [3.63, 3.8) is 0 Å². The molecule has 0 atom stereocenters. The van der Waals surface area contributed by atoms with E-state index in [1.165, 1.54) is 11.3 Å². The Morgan fingerprint density at radius 2 is 1.68 bits per heavy atom. The molecule has 5 aromatic rings. The van der Waals surface area contributed by atoms with E-state index in [-0.39, 0.29) is 13.3 Å². The average molecular weight is 568 g/mol. The number of aromatic nitrogens is 1. The van der Waals surface area contributed by atoms with Crippen LogP contribution < -0.4 is 14.8 Å². The van der Waals surface area contributed by atoms with Gasteiger partial charge in [-0.25, -0.2) is 4.98 Å². The molecule has 0 unspecified atom stereocenters. The first-order valence-corrected chi connectivity index (χ1v) is 14.2. The summed E-state index contributed by atoms with van der Waals surface area (Å²) in [6.45, 7) is 1.86. The molecule has 0 saturated heterocycles. The number of imide groups is 1. The normalized spacial score (nSPS) is 13.8. The molecule has 0 radical (unpaired) electrons. The first-order chi connectivity index (χ1) is 19.5. The van der Waals surface area contributed by atoms with Gasteiger partial charge in [-0.2, -0.15) is 0 Å². The summed E-state index contributed by atoms with van der Waals surface area (Å²) in [5.74, 6) is 0.0595. The smallest absolute Gasteiger partial charge is 0.262 e. The summed E-state index contributed by atoms with van der Waals surface area (Å²) in [7, 11) is 0. The van der Waals surface area contributed by atoms with E-state index in [9.17, 15) is 14.4 Å². The van der Waals surface area contributed by atoms with E-state index in [0.717, 1.165) is 47.4 Å². The van der Waals surface area contributed by atoms with Crippen LogP contribution in [0.4, 0.5) is 5.00 Å². The predicted octanol–water partition coefficient (Wildman–Crippen LogP) is 5.89. The molecule has 7 rings (SSSR count). The number of rotatable bonds is 6. The van der Waals surface area contributed by atoms with Gasteiger partial charge < -0.3 is 14.8 Å². The van der Waals surface area contributed by atoms with E-state index >= 15 is 0 Å². The number of amides is 3. The molecule has 198 valence electrons. The highest BCUT2D eigenvalue weighted by Gasteiger charge is 2.36.